The summed E-state index contributed by atoms with van der Waals surface area (Å²) in [4.78, 5) is 0. The third kappa shape index (κ3) is 6.14. The molecule has 2 aromatic rings. The van der Waals surface area contributed by atoms with Crippen molar-refractivity contribution in [1.29, 1.82) is 0 Å². The molecular formula is C33H48O6. The number of phenols is 2. The van der Waals surface area contributed by atoms with E-state index in [1.807, 2.05) is 26.0 Å². The molecule has 2 aliphatic rings. The molecule has 0 radical (unpaired) electrons. The molecule has 0 atom stereocenters. The van der Waals surface area contributed by atoms with Gasteiger partial charge in [0.1, 0.15) is 11.5 Å². The van der Waals surface area contributed by atoms with Crippen LogP contribution in [0.2, 0.25) is 0 Å². The lowest BCUT2D eigenvalue weighted by atomic mass is 9.72. The van der Waals surface area contributed by atoms with E-state index in [0.717, 1.165) is 24.0 Å². The van der Waals surface area contributed by atoms with E-state index in [4.69, 9.17) is 18.9 Å². The summed E-state index contributed by atoms with van der Waals surface area (Å²) in [5, 5.41) is 22.3. The topological polar surface area (TPSA) is 77.4 Å². The first-order chi connectivity index (χ1) is 18.6. The normalized spacial score (nSPS) is 18.0. The molecule has 6 heteroatoms. The van der Waals surface area contributed by atoms with Crippen LogP contribution in [0.15, 0.2) is 24.3 Å². The first-order valence-corrected chi connectivity index (χ1v) is 14.6. The zero-order chi connectivity index (χ0) is 28.3. The van der Waals surface area contributed by atoms with Gasteiger partial charge in [-0.3, -0.25) is 0 Å². The lowest BCUT2D eigenvalue weighted by Gasteiger charge is -2.30. The van der Waals surface area contributed by atoms with Gasteiger partial charge in [-0.05, 0) is 95.9 Å². The summed E-state index contributed by atoms with van der Waals surface area (Å²) in [5.41, 5.74) is 6.46. The Hall–Kier alpha value is -2.12. The van der Waals surface area contributed by atoms with Gasteiger partial charge in [0.2, 0.25) is 0 Å². The van der Waals surface area contributed by atoms with E-state index in [0.29, 0.717) is 77.2 Å². The van der Waals surface area contributed by atoms with Crippen LogP contribution in [0.1, 0.15) is 87.8 Å². The van der Waals surface area contributed by atoms with E-state index in [1.54, 1.807) is 0 Å². The Balaban J connectivity index is 1.60. The SMILES string of the molecule is CCOCCOCCc1cc2c(cc1O)C1(CC2(C)C)CC(C)(C)c2cc(CCOCCOCC)c(O)cc21. The van der Waals surface area contributed by atoms with Crippen molar-refractivity contribution in [2.75, 3.05) is 52.9 Å². The number of ether oxygens (including phenoxy) is 4. The van der Waals surface area contributed by atoms with Crippen LogP contribution in [0.4, 0.5) is 0 Å². The molecule has 0 aliphatic heterocycles. The molecular weight excluding hydrogens is 492 g/mol. The van der Waals surface area contributed by atoms with Gasteiger partial charge in [0.05, 0.1) is 39.6 Å². The van der Waals surface area contributed by atoms with Gasteiger partial charge in [-0.1, -0.05) is 39.8 Å². The molecule has 216 valence electrons. The summed E-state index contributed by atoms with van der Waals surface area (Å²) < 4.78 is 22.2. The van der Waals surface area contributed by atoms with Crippen molar-refractivity contribution in [2.45, 2.75) is 83.5 Å². The van der Waals surface area contributed by atoms with Gasteiger partial charge < -0.3 is 29.2 Å². The monoisotopic (exact) mass is 540 g/mol. The van der Waals surface area contributed by atoms with Gasteiger partial charge in [-0.25, -0.2) is 0 Å². The van der Waals surface area contributed by atoms with E-state index in [2.05, 4.69) is 39.8 Å². The quantitative estimate of drug-likeness (QED) is 0.289. The molecule has 4 rings (SSSR count). The molecule has 0 amide bonds. The standard InChI is InChI=1S/C33H48O6/c1-7-36-13-15-38-11-9-23-17-25-27(19-29(23)34)33(21-31(25,3)4)22-32(5,6)26-18-24(30(35)20-28(26)33)10-12-39-16-14-37-8-2/h17-20,34-35H,7-16,21-22H2,1-6H3. The van der Waals surface area contributed by atoms with E-state index < -0.39 is 0 Å². The summed E-state index contributed by atoms with van der Waals surface area (Å²) in [6.07, 6.45) is 3.21. The molecule has 0 fully saturated rings. The highest BCUT2D eigenvalue weighted by Crippen LogP contribution is 2.63. The minimum Gasteiger partial charge on any atom is -0.508 e. The number of benzene rings is 2. The Morgan fingerprint density at radius 1 is 0.564 bits per heavy atom. The third-order valence-corrected chi connectivity index (χ3v) is 8.60. The highest BCUT2D eigenvalue weighted by atomic mass is 16.5. The second-order valence-electron chi connectivity index (χ2n) is 12.4. The van der Waals surface area contributed by atoms with Crippen LogP contribution in [0.25, 0.3) is 0 Å². The predicted molar refractivity (Wildman–Crippen MR) is 154 cm³/mol. The summed E-state index contributed by atoms with van der Waals surface area (Å²) >= 11 is 0. The average Bonchev–Trinajstić information content (AvgIpc) is 3.22. The first-order valence-electron chi connectivity index (χ1n) is 14.6. The second-order valence-corrected chi connectivity index (χ2v) is 12.4. The van der Waals surface area contributed by atoms with Crippen molar-refractivity contribution < 1.29 is 29.2 Å². The molecule has 1 spiro atoms. The first kappa shape index (κ1) is 29.9. The maximum absolute atomic E-state index is 11.1. The number of hydrogen-bond donors (Lipinski definition) is 2. The molecule has 0 saturated heterocycles. The van der Waals surface area contributed by atoms with Crippen molar-refractivity contribution in [2.24, 2.45) is 0 Å². The number of aromatic hydroxyl groups is 2. The Morgan fingerprint density at radius 2 is 0.949 bits per heavy atom. The molecule has 2 aromatic carbocycles. The van der Waals surface area contributed by atoms with Gasteiger partial charge >= 0.3 is 0 Å². The highest BCUT2D eigenvalue weighted by Gasteiger charge is 2.56. The van der Waals surface area contributed by atoms with Gasteiger partial charge in [0.15, 0.2) is 0 Å². The maximum Gasteiger partial charge on any atom is 0.119 e. The van der Waals surface area contributed by atoms with E-state index >= 15 is 0 Å². The van der Waals surface area contributed by atoms with Crippen molar-refractivity contribution >= 4 is 0 Å². The smallest absolute Gasteiger partial charge is 0.119 e. The minimum absolute atomic E-state index is 0.0615. The maximum atomic E-state index is 11.1. The molecule has 2 aliphatic carbocycles. The zero-order valence-electron chi connectivity index (χ0n) is 24.8. The van der Waals surface area contributed by atoms with Crippen molar-refractivity contribution in [3.8, 4) is 11.5 Å². The minimum atomic E-state index is -0.244. The zero-order valence-corrected chi connectivity index (χ0v) is 24.8. The fourth-order valence-electron chi connectivity index (χ4n) is 6.96. The number of rotatable bonds is 14. The van der Waals surface area contributed by atoms with Crippen LogP contribution in [-0.4, -0.2) is 63.1 Å². The number of hydrogen-bond acceptors (Lipinski definition) is 6. The molecule has 2 N–H and O–H groups in total. The number of fused-ring (bicyclic) bond motifs is 4. The Kier molecular flexibility index (Phi) is 9.32. The summed E-state index contributed by atoms with van der Waals surface area (Å²) in [6, 6.07) is 8.40. The van der Waals surface area contributed by atoms with Crippen LogP contribution < -0.4 is 0 Å². The van der Waals surface area contributed by atoms with Gasteiger partial charge in [0, 0.05) is 18.6 Å². The summed E-state index contributed by atoms with van der Waals surface area (Å²) in [6.45, 7) is 17.9. The fraction of sp³-hybridized carbons (Fsp3) is 0.636. The molecule has 0 bridgehead atoms. The Morgan fingerprint density at radius 3 is 1.33 bits per heavy atom. The van der Waals surface area contributed by atoms with Crippen molar-refractivity contribution in [3.05, 3.63) is 57.6 Å². The predicted octanol–water partition coefficient (Wildman–Crippen LogP) is 5.94. The molecule has 0 heterocycles. The molecule has 0 unspecified atom stereocenters. The van der Waals surface area contributed by atoms with Crippen LogP contribution in [0.3, 0.4) is 0 Å². The lowest BCUT2D eigenvalue weighted by Crippen LogP contribution is -2.26. The Labute approximate surface area is 234 Å². The highest BCUT2D eigenvalue weighted by molar-refractivity contribution is 5.63. The largest absolute Gasteiger partial charge is 0.508 e. The van der Waals surface area contributed by atoms with Crippen molar-refractivity contribution in [3.63, 3.8) is 0 Å². The molecule has 0 aromatic heterocycles. The average molecular weight is 541 g/mol. The van der Waals surface area contributed by atoms with Crippen LogP contribution in [0, 0.1) is 0 Å². The van der Waals surface area contributed by atoms with Gasteiger partial charge in [0.25, 0.3) is 0 Å². The van der Waals surface area contributed by atoms with E-state index in [-0.39, 0.29) is 16.2 Å². The van der Waals surface area contributed by atoms with Gasteiger partial charge in [-0.2, -0.15) is 0 Å². The van der Waals surface area contributed by atoms with E-state index in [1.165, 1.54) is 22.3 Å². The van der Waals surface area contributed by atoms with Crippen LogP contribution in [-0.2, 0) is 48.0 Å². The number of phenolic OH excluding ortho intramolecular Hbond substituents is 2. The Bertz CT molecular complexity index is 1050. The fourth-order valence-corrected chi connectivity index (χ4v) is 6.96. The van der Waals surface area contributed by atoms with Crippen LogP contribution in [0.5, 0.6) is 11.5 Å². The van der Waals surface area contributed by atoms with Crippen molar-refractivity contribution in [1.82, 2.24) is 0 Å². The summed E-state index contributed by atoms with van der Waals surface area (Å²) in [7, 11) is 0. The molecule has 6 nitrogen and oxygen atoms in total. The van der Waals surface area contributed by atoms with Gasteiger partial charge in [-0.15, -0.1) is 0 Å². The lowest BCUT2D eigenvalue weighted by molar-refractivity contribution is 0.0540. The van der Waals surface area contributed by atoms with E-state index in [9.17, 15) is 10.2 Å². The molecule has 39 heavy (non-hydrogen) atoms. The third-order valence-electron chi connectivity index (χ3n) is 8.60. The molecule has 0 saturated carbocycles. The second kappa shape index (κ2) is 12.2. The van der Waals surface area contributed by atoms with Crippen LogP contribution >= 0.6 is 0 Å². The summed E-state index contributed by atoms with van der Waals surface area (Å²) in [5.74, 6) is 0.658.